The van der Waals surface area contributed by atoms with Gasteiger partial charge in [0.2, 0.25) is 0 Å². The molecule has 0 saturated carbocycles. The number of nitrogens with one attached hydrogen (secondary N) is 1. The first-order valence-corrected chi connectivity index (χ1v) is 9.20. The molecule has 0 spiro atoms. The van der Waals surface area contributed by atoms with Crippen LogP contribution < -0.4 is 10.1 Å². The number of phenols is 1. The average Bonchev–Trinajstić information content (AvgIpc) is 3.20. The summed E-state index contributed by atoms with van der Waals surface area (Å²) in [7, 11) is 1.61. The van der Waals surface area contributed by atoms with Gasteiger partial charge in [-0.2, -0.15) is 0 Å². The highest BCUT2D eigenvalue weighted by atomic mass is 127. The summed E-state index contributed by atoms with van der Waals surface area (Å²) in [5.74, 6) is 1.80. The average molecular weight is 501 g/mol. The molecular formula is C19H28IN5O3. The molecule has 0 amide bonds. The fourth-order valence-corrected chi connectivity index (χ4v) is 3.07. The number of halogens is 1. The molecule has 1 fully saturated rings. The second kappa shape index (κ2) is 11.1. The summed E-state index contributed by atoms with van der Waals surface area (Å²) >= 11 is 0. The van der Waals surface area contributed by atoms with Crippen LogP contribution in [0.15, 0.2) is 40.0 Å². The van der Waals surface area contributed by atoms with Crippen LogP contribution in [0.4, 0.5) is 0 Å². The number of aromatic hydroxyl groups is 1. The van der Waals surface area contributed by atoms with Crippen molar-refractivity contribution in [2.45, 2.75) is 20.0 Å². The normalized spacial score (nSPS) is 15.2. The Morgan fingerprint density at radius 1 is 1.29 bits per heavy atom. The summed E-state index contributed by atoms with van der Waals surface area (Å²) < 4.78 is 10.1. The van der Waals surface area contributed by atoms with E-state index in [1.165, 1.54) is 0 Å². The molecule has 9 heteroatoms. The van der Waals surface area contributed by atoms with Gasteiger partial charge < -0.3 is 24.6 Å². The topological polar surface area (TPSA) is 86.4 Å². The number of phenolic OH excluding ortho intramolecular Hbond substituents is 1. The van der Waals surface area contributed by atoms with E-state index in [1.807, 2.05) is 12.1 Å². The molecule has 0 aliphatic carbocycles. The van der Waals surface area contributed by atoms with E-state index in [1.54, 1.807) is 25.5 Å². The Hall–Kier alpha value is -2.01. The van der Waals surface area contributed by atoms with Crippen LogP contribution in [0.25, 0.3) is 0 Å². The molecule has 28 heavy (non-hydrogen) atoms. The Kier molecular flexibility index (Phi) is 8.84. The van der Waals surface area contributed by atoms with Gasteiger partial charge in [0.1, 0.15) is 17.8 Å². The van der Waals surface area contributed by atoms with Crippen LogP contribution >= 0.6 is 24.0 Å². The van der Waals surface area contributed by atoms with Crippen molar-refractivity contribution in [1.29, 1.82) is 0 Å². The van der Waals surface area contributed by atoms with Crippen molar-refractivity contribution in [1.82, 2.24) is 20.3 Å². The van der Waals surface area contributed by atoms with Crippen LogP contribution in [0.3, 0.4) is 0 Å². The van der Waals surface area contributed by atoms with Gasteiger partial charge in [-0.25, -0.2) is 4.99 Å². The third-order valence-corrected chi connectivity index (χ3v) is 4.57. The Balaban J connectivity index is 0.00000280. The zero-order valence-corrected chi connectivity index (χ0v) is 18.6. The van der Waals surface area contributed by atoms with E-state index in [4.69, 9.17) is 14.3 Å². The van der Waals surface area contributed by atoms with Gasteiger partial charge in [-0.3, -0.25) is 4.90 Å². The van der Waals surface area contributed by atoms with Crippen LogP contribution in [-0.2, 0) is 13.1 Å². The minimum absolute atomic E-state index is 0. The third-order valence-electron chi connectivity index (χ3n) is 4.57. The van der Waals surface area contributed by atoms with Gasteiger partial charge in [-0.15, -0.1) is 24.0 Å². The number of hydrogen-bond donors (Lipinski definition) is 2. The Morgan fingerprint density at radius 3 is 2.71 bits per heavy atom. The predicted molar refractivity (Wildman–Crippen MR) is 118 cm³/mol. The fourth-order valence-electron chi connectivity index (χ4n) is 3.07. The van der Waals surface area contributed by atoms with Crippen LogP contribution in [0.1, 0.15) is 18.2 Å². The number of aromatic nitrogens is 1. The zero-order valence-electron chi connectivity index (χ0n) is 16.3. The van der Waals surface area contributed by atoms with E-state index >= 15 is 0 Å². The zero-order chi connectivity index (χ0) is 19.1. The minimum atomic E-state index is 0. The van der Waals surface area contributed by atoms with E-state index in [2.05, 4.69) is 27.2 Å². The molecule has 1 aliphatic heterocycles. The SMILES string of the molecule is CCNC(=NCc1cc(OC)ccc1O)N1CCN(Cc2ccon2)CC1.I. The van der Waals surface area contributed by atoms with Crippen LogP contribution in [0.2, 0.25) is 0 Å². The quantitative estimate of drug-likeness (QED) is 0.357. The lowest BCUT2D eigenvalue weighted by molar-refractivity contribution is 0.169. The molecule has 0 radical (unpaired) electrons. The summed E-state index contributed by atoms with van der Waals surface area (Å²) in [6, 6.07) is 7.10. The standard InChI is InChI=1S/C19H27N5O3.HI/c1-3-20-19(21-13-15-12-17(26-2)4-5-18(15)25)24-9-7-23(8-10-24)14-16-6-11-27-22-16;/h4-6,11-12,25H,3,7-10,13-14H2,1-2H3,(H,20,21);1H. The Labute approximate surface area is 182 Å². The summed E-state index contributed by atoms with van der Waals surface area (Å²) in [5, 5.41) is 17.4. The second-order valence-electron chi connectivity index (χ2n) is 6.42. The van der Waals surface area contributed by atoms with E-state index in [0.717, 1.165) is 56.5 Å². The Morgan fingerprint density at radius 2 is 2.07 bits per heavy atom. The maximum absolute atomic E-state index is 10.1. The summed E-state index contributed by atoms with van der Waals surface area (Å²) in [6.45, 7) is 7.67. The molecule has 154 valence electrons. The molecule has 1 aromatic carbocycles. The highest BCUT2D eigenvalue weighted by Gasteiger charge is 2.20. The second-order valence-corrected chi connectivity index (χ2v) is 6.42. The van der Waals surface area contributed by atoms with Gasteiger partial charge in [-0.1, -0.05) is 5.16 Å². The lowest BCUT2D eigenvalue weighted by atomic mass is 10.2. The van der Waals surface area contributed by atoms with E-state index in [-0.39, 0.29) is 29.7 Å². The number of ether oxygens (including phenoxy) is 1. The molecule has 1 aliphatic rings. The molecule has 1 saturated heterocycles. The fraction of sp³-hybridized carbons (Fsp3) is 0.474. The maximum Gasteiger partial charge on any atom is 0.194 e. The first-order chi connectivity index (χ1) is 13.2. The number of nitrogens with zero attached hydrogens (tertiary/aromatic N) is 4. The highest BCUT2D eigenvalue weighted by Crippen LogP contribution is 2.23. The largest absolute Gasteiger partial charge is 0.508 e. The van der Waals surface area contributed by atoms with Crippen LogP contribution in [0.5, 0.6) is 11.5 Å². The Bertz CT molecular complexity index is 746. The van der Waals surface area contributed by atoms with Gasteiger partial charge in [0.05, 0.1) is 19.3 Å². The monoisotopic (exact) mass is 501 g/mol. The third kappa shape index (κ3) is 5.99. The highest BCUT2D eigenvalue weighted by molar-refractivity contribution is 14.0. The van der Waals surface area contributed by atoms with Gasteiger partial charge in [-0.05, 0) is 25.1 Å². The van der Waals surface area contributed by atoms with Crippen LogP contribution in [-0.4, -0.2) is 65.9 Å². The maximum atomic E-state index is 10.1. The van der Waals surface area contributed by atoms with Crippen molar-refractivity contribution < 1.29 is 14.4 Å². The number of benzene rings is 1. The molecular weight excluding hydrogens is 473 g/mol. The first kappa shape index (κ1) is 22.3. The number of aliphatic imine (C=N–C) groups is 1. The lowest BCUT2D eigenvalue weighted by Gasteiger charge is -2.36. The van der Waals surface area contributed by atoms with Gasteiger partial charge >= 0.3 is 0 Å². The van der Waals surface area contributed by atoms with Gasteiger partial charge in [0, 0.05) is 50.9 Å². The van der Waals surface area contributed by atoms with Crippen molar-refractivity contribution in [3.8, 4) is 11.5 Å². The van der Waals surface area contributed by atoms with E-state index in [0.29, 0.717) is 12.3 Å². The van der Waals surface area contributed by atoms with Crippen molar-refractivity contribution >= 4 is 29.9 Å². The van der Waals surface area contributed by atoms with E-state index in [9.17, 15) is 5.11 Å². The summed E-state index contributed by atoms with van der Waals surface area (Å²) in [6.07, 6.45) is 1.61. The molecule has 2 aromatic rings. The van der Waals surface area contributed by atoms with E-state index < -0.39 is 0 Å². The van der Waals surface area contributed by atoms with Gasteiger partial charge in [0.15, 0.2) is 5.96 Å². The number of hydrogen-bond acceptors (Lipinski definition) is 6. The number of rotatable bonds is 6. The number of methoxy groups -OCH3 is 1. The van der Waals surface area contributed by atoms with Gasteiger partial charge in [0.25, 0.3) is 0 Å². The minimum Gasteiger partial charge on any atom is -0.508 e. The molecule has 1 aromatic heterocycles. The van der Waals surface area contributed by atoms with Crippen LogP contribution in [0, 0.1) is 0 Å². The molecule has 0 atom stereocenters. The molecule has 2 N–H and O–H groups in total. The molecule has 0 bridgehead atoms. The number of piperazine rings is 1. The first-order valence-electron chi connectivity index (χ1n) is 9.20. The van der Waals surface area contributed by atoms with Crippen molar-refractivity contribution in [3.63, 3.8) is 0 Å². The van der Waals surface area contributed by atoms with Crippen molar-refractivity contribution in [2.24, 2.45) is 4.99 Å². The molecule has 0 unspecified atom stereocenters. The predicted octanol–water partition coefficient (Wildman–Crippen LogP) is 2.29. The number of guanidine groups is 1. The smallest absolute Gasteiger partial charge is 0.194 e. The van der Waals surface area contributed by atoms with Crippen molar-refractivity contribution in [2.75, 3.05) is 39.8 Å². The molecule has 2 heterocycles. The summed E-state index contributed by atoms with van der Waals surface area (Å²) in [4.78, 5) is 9.32. The molecule has 8 nitrogen and oxygen atoms in total. The van der Waals surface area contributed by atoms with Crippen molar-refractivity contribution in [3.05, 3.63) is 41.8 Å². The lowest BCUT2D eigenvalue weighted by Crippen LogP contribution is -2.52. The molecule has 3 rings (SSSR count). The summed E-state index contributed by atoms with van der Waals surface area (Å²) in [5.41, 5.74) is 1.70.